The van der Waals surface area contributed by atoms with E-state index in [-0.39, 0.29) is 11.9 Å². The van der Waals surface area contributed by atoms with Gasteiger partial charge in [0.2, 0.25) is 0 Å². The summed E-state index contributed by atoms with van der Waals surface area (Å²) in [5, 5.41) is 4.20. The molecule has 1 atom stereocenters. The molecule has 2 aromatic rings. The minimum absolute atomic E-state index is 0.0931. The highest BCUT2D eigenvalue weighted by molar-refractivity contribution is 7.99. The summed E-state index contributed by atoms with van der Waals surface area (Å²) in [7, 11) is 0. The molecule has 0 aliphatic heterocycles. The molecule has 2 rings (SSSR count). The lowest BCUT2D eigenvalue weighted by Gasteiger charge is -2.14. The van der Waals surface area contributed by atoms with Crippen LogP contribution in [0.3, 0.4) is 0 Å². The zero-order valence-corrected chi connectivity index (χ0v) is 13.8. The highest BCUT2D eigenvalue weighted by Crippen LogP contribution is 2.21. The predicted octanol–water partition coefficient (Wildman–Crippen LogP) is 4.15. The minimum Gasteiger partial charge on any atom is -0.350 e. The summed E-state index contributed by atoms with van der Waals surface area (Å²) in [6.07, 6.45) is 0.959. The molecule has 3 nitrogen and oxygen atoms in total. The number of para-hydroxylation sites is 1. The van der Waals surface area contributed by atoms with Crippen molar-refractivity contribution in [2.24, 2.45) is 0 Å². The molecule has 0 aliphatic carbocycles. The van der Waals surface area contributed by atoms with E-state index in [0.717, 1.165) is 28.8 Å². The topological polar surface area (TPSA) is 42.0 Å². The molecular formula is C16H19ClN2OS. The highest BCUT2D eigenvalue weighted by atomic mass is 35.5. The SMILES string of the molecule is CCSCCC(C)NC(=O)c1cc(Cl)nc2ccccc12. The van der Waals surface area contributed by atoms with E-state index in [4.69, 9.17) is 11.6 Å². The Morgan fingerprint density at radius 3 is 2.95 bits per heavy atom. The fourth-order valence-corrected chi connectivity index (χ4v) is 3.12. The van der Waals surface area contributed by atoms with E-state index in [9.17, 15) is 4.79 Å². The molecule has 1 N–H and O–H groups in total. The number of thioether (sulfide) groups is 1. The number of hydrogen-bond donors (Lipinski definition) is 1. The largest absolute Gasteiger partial charge is 0.350 e. The minimum atomic E-state index is -0.0931. The van der Waals surface area contributed by atoms with Gasteiger partial charge < -0.3 is 5.32 Å². The van der Waals surface area contributed by atoms with Gasteiger partial charge in [-0.3, -0.25) is 4.79 Å². The van der Waals surface area contributed by atoms with Gasteiger partial charge in [0.15, 0.2) is 0 Å². The number of amides is 1. The van der Waals surface area contributed by atoms with Crippen molar-refractivity contribution < 1.29 is 4.79 Å². The van der Waals surface area contributed by atoms with Crippen molar-refractivity contribution in [3.63, 3.8) is 0 Å². The summed E-state index contributed by atoms with van der Waals surface area (Å²) < 4.78 is 0. The molecule has 0 spiro atoms. The van der Waals surface area contributed by atoms with Crippen LogP contribution in [0.15, 0.2) is 30.3 Å². The fraction of sp³-hybridized carbons (Fsp3) is 0.375. The van der Waals surface area contributed by atoms with Gasteiger partial charge in [-0.1, -0.05) is 36.7 Å². The van der Waals surface area contributed by atoms with Crippen molar-refractivity contribution in [3.05, 3.63) is 41.0 Å². The average Bonchev–Trinajstić information content (AvgIpc) is 2.46. The Morgan fingerprint density at radius 1 is 1.43 bits per heavy atom. The van der Waals surface area contributed by atoms with E-state index in [0.29, 0.717) is 10.7 Å². The van der Waals surface area contributed by atoms with E-state index in [1.54, 1.807) is 6.07 Å². The summed E-state index contributed by atoms with van der Waals surface area (Å²) in [5.41, 5.74) is 1.32. The number of rotatable bonds is 6. The van der Waals surface area contributed by atoms with Crippen molar-refractivity contribution in [2.75, 3.05) is 11.5 Å². The number of pyridine rings is 1. The van der Waals surface area contributed by atoms with Gasteiger partial charge in [0, 0.05) is 11.4 Å². The predicted molar refractivity (Wildman–Crippen MR) is 91.3 cm³/mol. The van der Waals surface area contributed by atoms with Crippen LogP contribution in [-0.4, -0.2) is 28.4 Å². The number of benzene rings is 1. The Balaban J connectivity index is 2.15. The summed E-state index contributed by atoms with van der Waals surface area (Å²) in [6.45, 7) is 4.16. The number of nitrogens with one attached hydrogen (secondary N) is 1. The third kappa shape index (κ3) is 4.35. The van der Waals surface area contributed by atoms with Crippen LogP contribution in [-0.2, 0) is 0 Å². The van der Waals surface area contributed by atoms with Gasteiger partial charge in [0.1, 0.15) is 5.15 Å². The second-order valence-electron chi connectivity index (χ2n) is 4.87. The Kier molecular flexibility index (Phi) is 5.88. The lowest BCUT2D eigenvalue weighted by molar-refractivity contribution is 0.0941. The molecule has 1 aromatic carbocycles. The van der Waals surface area contributed by atoms with Crippen molar-refractivity contribution >= 4 is 40.2 Å². The number of hydrogen-bond acceptors (Lipinski definition) is 3. The summed E-state index contributed by atoms with van der Waals surface area (Å²) in [4.78, 5) is 16.7. The number of carbonyl (C=O) groups excluding carboxylic acids is 1. The van der Waals surface area contributed by atoms with Gasteiger partial charge in [0.25, 0.3) is 5.91 Å². The molecule has 0 saturated carbocycles. The van der Waals surface area contributed by atoms with Gasteiger partial charge in [-0.05, 0) is 37.0 Å². The van der Waals surface area contributed by atoms with Crippen LogP contribution in [0.4, 0.5) is 0 Å². The first-order chi connectivity index (χ1) is 10.1. The Hall–Kier alpha value is -1.26. The molecular weight excluding hydrogens is 304 g/mol. The van der Waals surface area contributed by atoms with Crippen LogP contribution in [0.1, 0.15) is 30.6 Å². The molecule has 0 aliphatic rings. The lowest BCUT2D eigenvalue weighted by atomic mass is 10.1. The van der Waals surface area contributed by atoms with E-state index < -0.39 is 0 Å². The monoisotopic (exact) mass is 322 g/mol. The molecule has 112 valence electrons. The molecule has 0 fully saturated rings. The Labute approximate surface area is 134 Å². The first-order valence-electron chi connectivity index (χ1n) is 7.05. The maximum absolute atomic E-state index is 12.4. The number of fused-ring (bicyclic) bond motifs is 1. The zero-order chi connectivity index (χ0) is 15.2. The van der Waals surface area contributed by atoms with Gasteiger partial charge >= 0.3 is 0 Å². The van der Waals surface area contributed by atoms with Crippen LogP contribution >= 0.6 is 23.4 Å². The summed E-state index contributed by atoms with van der Waals surface area (Å²) in [6, 6.07) is 9.31. The van der Waals surface area contributed by atoms with Gasteiger partial charge in [-0.2, -0.15) is 11.8 Å². The third-order valence-electron chi connectivity index (χ3n) is 3.21. The number of halogens is 1. The lowest BCUT2D eigenvalue weighted by Crippen LogP contribution is -2.33. The normalized spacial score (nSPS) is 12.3. The average molecular weight is 323 g/mol. The molecule has 1 unspecified atom stereocenters. The summed E-state index contributed by atoms with van der Waals surface area (Å²) >= 11 is 7.89. The summed E-state index contributed by atoms with van der Waals surface area (Å²) in [5.74, 6) is 2.06. The van der Waals surface area contributed by atoms with Crippen LogP contribution < -0.4 is 5.32 Å². The van der Waals surface area contributed by atoms with E-state index in [1.165, 1.54) is 0 Å². The zero-order valence-electron chi connectivity index (χ0n) is 12.2. The molecule has 1 heterocycles. The van der Waals surface area contributed by atoms with Crippen molar-refractivity contribution in [2.45, 2.75) is 26.3 Å². The second kappa shape index (κ2) is 7.66. The molecule has 5 heteroatoms. The van der Waals surface area contributed by atoms with Gasteiger partial charge in [0.05, 0.1) is 11.1 Å². The third-order valence-corrected chi connectivity index (χ3v) is 4.33. The van der Waals surface area contributed by atoms with E-state index >= 15 is 0 Å². The molecule has 1 aromatic heterocycles. The van der Waals surface area contributed by atoms with Gasteiger partial charge in [-0.15, -0.1) is 0 Å². The van der Waals surface area contributed by atoms with E-state index in [1.807, 2.05) is 43.0 Å². The standard InChI is InChI=1S/C16H19ClN2OS/c1-3-21-9-8-11(2)18-16(20)13-10-15(17)19-14-7-5-4-6-12(13)14/h4-7,10-11H,3,8-9H2,1-2H3,(H,18,20). The molecule has 0 bridgehead atoms. The first-order valence-corrected chi connectivity index (χ1v) is 8.59. The maximum atomic E-state index is 12.4. The smallest absolute Gasteiger partial charge is 0.252 e. The van der Waals surface area contributed by atoms with E-state index in [2.05, 4.69) is 17.2 Å². The van der Waals surface area contributed by atoms with Crippen molar-refractivity contribution in [3.8, 4) is 0 Å². The van der Waals surface area contributed by atoms with Crippen LogP contribution in [0.2, 0.25) is 5.15 Å². The fourth-order valence-electron chi connectivity index (χ4n) is 2.11. The first kappa shape index (κ1) is 16.1. The maximum Gasteiger partial charge on any atom is 0.252 e. The van der Waals surface area contributed by atoms with Crippen LogP contribution in [0.5, 0.6) is 0 Å². The highest BCUT2D eigenvalue weighted by Gasteiger charge is 2.14. The Morgan fingerprint density at radius 2 is 2.19 bits per heavy atom. The van der Waals surface area contributed by atoms with Crippen molar-refractivity contribution in [1.29, 1.82) is 0 Å². The molecule has 0 saturated heterocycles. The van der Waals surface area contributed by atoms with Crippen LogP contribution in [0, 0.1) is 0 Å². The van der Waals surface area contributed by atoms with Gasteiger partial charge in [-0.25, -0.2) is 4.98 Å². The number of nitrogens with zero attached hydrogens (tertiary/aromatic N) is 1. The van der Waals surface area contributed by atoms with Crippen LogP contribution in [0.25, 0.3) is 10.9 Å². The molecule has 0 radical (unpaired) electrons. The molecule has 21 heavy (non-hydrogen) atoms. The second-order valence-corrected chi connectivity index (χ2v) is 6.65. The van der Waals surface area contributed by atoms with Crippen molar-refractivity contribution in [1.82, 2.24) is 10.3 Å². The number of aromatic nitrogens is 1. The Bertz CT molecular complexity index is 633. The quantitative estimate of drug-likeness (QED) is 0.641. The molecule has 1 amide bonds. The number of carbonyl (C=O) groups is 1.